The maximum absolute atomic E-state index is 5.59. The molecule has 0 spiro atoms. The van der Waals surface area contributed by atoms with Gasteiger partial charge in [-0.1, -0.05) is 6.92 Å². The van der Waals surface area contributed by atoms with Gasteiger partial charge in [0.1, 0.15) is 11.6 Å². The van der Waals surface area contributed by atoms with Crippen LogP contribution in [0.3, 0.4) is 0 Å². The second-order valence-electron chi connectivity index (χ2n) is 5.24. The monoisotopic (exact) mass is 259 g/mol. The predicted molar refractivity (Wildman–Crippen MR) is 73.9 cm³/mol. The van der Waals surface area contributed by atoms with Crippen molar-refractivity contribution in [3.63, 3.8) is 0 Å². The van der Waals surface area contributed by atoms with E-state index >= 15 is 0 Å². The lowest BCUT2D eigenvalue weighted by molar-refractivity contribution is 0.477. The summed E-state index contributed by atoms with van der Waals surface area (Å²) in [7, 11) is 0. The molecule has 2 aromatic rings. The Labute approximate surface area is 113 Å². The Kier molecular flexibility index (Phi) is 3.69. The van der Waals surface area contributed by atoms with Gasteiger partial charge in [-0.15, -0.1) is 0 Å². The average molecular weight is 259 g/mol. The van der Waals surface area contributed by atoms with Crippen molar-refractivity contribution < 1.29 is 4.42 Å². The van der Waals surface area contributed by atoms with Gasteiger partial charge in [0.2, 0.25) is 0 Å². The topological polar surface area (TPSA) is 43.0 Å². The third kappa shape index (κ3) is 3.07. The molecule has 0 aromatic carbocycles. The summed E-state index contributed by atoms with van der Waals surface area (Å²) in [5, 5.41) is 3.50. The van der Waals surface area contributed by atoms with Crippen LogP contribution in [0.15, 0.2) is 29.1 Å². The van der Waals surface area contributed by atoms with Crippen LogP contribution in [0.2, 0.25) is 0 Å². The van der Waals surface area contributed by atoms with Crippen molar-refractivity contribution in [2.24, 2.45) is 0 Å². The average Bonchev–Trinajstić information content (AvgIpc) is 2.98. The zero-order chi connectivity index (χ0) is 13.1. The third-order valence-corrected chi connectivity index (χ3v) is 3.58. The van der Waals surface area contributed by atoms with E-state index < -0.39 is 0 Å². The maximum atomic E-state index is 5.59. The smallest absolute Gasteiger partial charge is 0.121 e. The number of aromatic nitrogens is 2. The van der Waals surface area contributed by atoms with Crippen LogP contribution >= 0.6 is 0 Å². The van der Waals surface area contributed by atoms with Crippen molar-refractivity contribution in [3.05, 3.63) is 41.9 Å². The minimum absolute atomic E-state index is 0.708. The van der Waals surface area contributed by atoms with Crippen LogP contribution in [-0.2, 0) is 19.5 Å². The van der Waals surface area contributed by atoms with E-state index in [1.807, 2.05) is 6.20 Å². The first-order valence-electron chi connectivity index (χ1n) is 7.15. The number of nitrogens with one attached hydrogen (secondary N) is 1. The quantitative estimate of drug-likeness (QED) is 0.831. The van der Waals surface area contributed by atoms with Crippen molar-refractivity contribution in [2.75, 3.05) is 0 Å². The van der Waals surface area contributed by atoms with Crippen LogP contribution in [0, 0.1) is 0 Å². The van der Waals surface area contributed by atoms with Gasteiger partial charge in [-0.2, -0.15) is 0 Å². The highest BCUT2D eigenvalue weighted by atomic mass is 16.3. The van der Waals surface area contributed by atoms with Gasteiger partial charge in [-0.25, -0.2) is 4.98 Å². The molecule has 1 aliphatic carbocycles. The zero-order valence-electron chi connectivity index (χ0n) is 11.4. The van der Waals surface area contributed by atoms with Gasteiger partial charge in [0, 0.05) is 37.0 Å². The number of imidazole rings is 1. The largest absolute Gasteiger partial charge is 0.468 e. The number of hydrogen-bond donors (Lipinski definition) is 1. The van der Waals surface area contributed by atoms with Gasteiger partial charge in [-0.05, 0) is 25.3 Å². The van der Waals surface area contributed by atoms with Gasteiger partial charge >= 0.3 is 0 Å². The molecule has 0 atom stereocenters. The fraction of sp³-hybridized carbons (Fsp3) is 0.533. The number of hydrogen-bond acceptors (Lipinski definition) is 3. The molecule has 0 radical (unpaired) electrons. The minimum Gasteiger partial charge on any atom is -0.468 e. The molecule has 2 aromatic heterocycles. The molecule has 19 heavy (non-hydrogen) atoms. The molecule has 1 fully saturated rings. The molecular weight excluding hydrogens is 238 g/mol. The summed E-state index contributed by atoms with van der Waals surface area (Å²) in [5.74, 6) is 2.17. The number of nitrogens with zero attached hydrogens (tertiary/aromatic N) is 2. The summed E-state index contributed by atoms with van der Waals surface area (Å²) >= 11 is 0. The van der Waals surface area contributed by atoms with Crippen molar-refractivity contribution in [3.8, 4) is 0 Å². The SMILES string of the molecule is CCCn1ccnc1Cc1ccoc1CNC1CC1. The van der Waals surface area contributed by atoms with Crippen molar-refractivity contribution >= 4 is 0 Å². The van der Waals surface area contributed by atoms with Gasteiger partial charge in [0.25, 0.3) is 0 Å². The second kappa shape index (κ2) is 5.61. The first kappa shape index (κ1) is 12.5. The lowest BCUT2D eigenvalue weighted by Gasteiger charge is -2.07. The normalized spacial score (nSPS) is 15.0. The van der Waals surface area contributed by atoms with E-state index in [1.54, 1.807) is 6.26 Å². The summed E-state index contributed by atoms with van der Waals surface area (Å²) in [6.45, 7) is 4.05. The molecule has 2 heterocycles. The fourth-order valence-corrected chi connectivity index (χ4v) is 2.33. The molecule has 0 aliphatic heterocycles. The Hall–Kier alpha value is -1.55. The van der Waals surface area contributed by atoms with E-state index in [9.17, 15) is 0 Å². The summed E-state index contributed by atoms with van der Waals surface area (Å²) in [4.78, 5) is 4.46. The molecule has 4 heteroatoms. The standard InChI is InChI=1S/C15H21N3O/c1-2-7-18-8-6-16-15(18)10-12-5-9-19-14(12)11-17-13-3-4-13/h5-6,8-9,13,17H,2-4,7,10-11H2,1H3. The number of furan rings is 1. The molecule has 3 rings (SSSR count). The molecule has 0 bridgehead atoms. The Balaban J connectivity index is 1.67. The summed E-state index contributed by atoms with van der Waals surface area (Å²) in [6.07, 6.45) is 10.3. The first-order chi connectivity index (χ1) is 9.36. The van der Waals surface area contributed by atoms with Crippen LogP contribution in [0.4, 0.5) is 0 Å². The summed E-state index contributed by atoms with van der Waals surface area (Å²) in [5.41, 5.74) is 1.25. The summed E-state index contributed by atoms with van der Waals surface area (Å²) in [6, 6.07) is 2.77. The van der Waals surface area contributed by atoms with E-state index in [0.29, 0.717) is 6.04 Å². The number of rotatable bonds is 7. The van der Waals surface area contributed by atoms with Crippen LogP contribution in [-0.4, -0.2) is 15.6 Å². The highest BCUT2D eigenvalue weighted by molar-refractivity contribution is 5.22. The highest BCUT2D eigenvalue weighted by Gasteiger charge is 2.21. The van der Waals surface area contributed by atoms with Crippen molar-refractivity contribution in [2.45, 2.75) is 51.7 Å². The Bertz CT molecular complexity index is 525. The lowest BCUT2D eigenvalue weighted by atomic mass is 10.1. The second-order valence-corrected chi connectivity index (χ2v) is 5.24. The number of aryl methyl sites for hydroxylation is 1. The Morgan fingerprint density at radius 1 is 1.47 bits per heavy atom. The van der Waals surface area contributed by atoms with Crippen LogP contribution < -0.4 is 5.32 Å². The third-order valence-electron chi connectivity index (χ3n) is 3.58. The van der Waals surface area contributed by atoms with Crippen LogP contribution in [0.5, 0.6) is 0 Å². The van der Waals surface area contributed by atoms with E-state index in [4.69, 9.17) is 4.42 Å². The molecule has 1 saturated carbocycles. The van der Waals surface area contributed by atoms with Gasteiger partial charge in [0.15, 0.2) is 0 Å². The molecule has 1 N–H and O–H groups in total. The first-order valence-corrected chi connectivity index (χ1v) is 7.15. The van der Waals surface area contributed by atoms with E-state index in [-0.39, 0.29) is 0 Å². The molecule has 102 valence electrons. The van der Waals surface area contributed by atoms with Crippen LogP contribution in [0.25, 0.3) is 0 Å². The predicted octanol–water partition coefficient (Wildman–Crippen LogP) is 2.73. The molecular formula is C15H21N3O. The zero-order valence-corrected chi connectivity index (χ0v) is 11.4. The van der Waals surface area contributed by atoms with Crippen molar-refractivity contribution in [1.82, 2.24) is 14.9 Å². The van der Waals surface area contributed by atoms with Gasteiger partial charge in [0.05, 0.1) is 12.8 Å². The molecule has 0 unspecified atom stereocenters. The van der Waals surface area contributed by atoms with Crippen molar-refractivity contribution in [1.29, 1.82) is 0 Å². The minimum atomic E-state index is 0.708. The van der Waals surface area contributed by atoms with E-state index in [0.717, 1.165) is 37.5 Å². The molecule has 1 aliphatic rings. The molecule has 4 nitrogen and oxygen atoms in total. The molecule has 0 saturated heterocycles. The van der Waals surface area contributed by atoms with Gasteiger partial charge in [-0.3, -0.25) is 0 Å². The Morgan fingerprint density at radius 3 is 3.16 bits per heavy atom. The van der Waals surface area contributed by atoms with Gasteiger partial charge < -0.3 is 14.3 Å². The molecule has 0 amide bonds. The van der Waals surface area contributed by atoms with Crippen LogP contribution in [0.1, 0.15) is 43.3 Å². The highest BCUT2D eigenvalue weighted by Crippen LogP contribution is 2.21. The Morgan fingerprint density at radius 2 is 2.37 bits per heavy atom. The van der Waals surface area contributed by atoms with E-state index in [2.05, 4.69) is 34.1 Å². The maximum Gasteiger partial charge on any atom is 0.121 e. The lowest BCUT2D eigenvalue weighted by Crippen LogP contribution is -2.16. The van der Waals surface area contributed by atoms with E-state index in [1.165, 1.54) is 18.4 Å². The summed E-state index contributed by atoms with van der Waals surface area (Å²) < 4.78 is 7.82. The fourth-order valence-electron chi connectivity index (χ4n) is 2.33.